The Labute approximate surface area is 122 Å². The SMILES string of the molecule is NC(=O)CN1CCCN(C(=O)c2cnccc2Cl)CC1. The van der Waals surface area contributed by atoms with Crippen LogP contribution in [0.15, 0.2) is 18.5 Å². The minimum atomic E-state index is -0.347. The summed E-state index contributed by atoms with van der Waals surface area (Å²) in [5.74, 6) is -0.468. The number of rotatable bonds is 3. The van der Waals surface area contributed by atoms with E-state index in [1.54, 1.807) is 17.2 Å². The van der Waals surface area contributed by atoms with Gasteiger partial charge in [-0.3, -0.25) is 19.5 Å². The van der Waals surface area contributed by atoms with E-state index in [4.69, 9.17) is 17.3 Å². The minimum Gasteiger partial charge on any atom is -0.369 e. The standard InChI is InChI=1S/C13H17ClN4O2/c14-11-2-3-16-8-10(11)13(20)18-5-1-4-17(6-7-18)9-12(15)19/h2-3,8H,1,4-7,9H2,(H2,15,19). The normalized spacial score (nSPS) is 16.8. The first-order valence-corrected chi connectivity index (χ1v) is 6.85. The van der Waals surface area contributed by atoms with Crippen LogP contribution in [0.5, 0.6) is 0 Å². The van der Waals surface area contributed by atoms with Crippen LogP contribution in [0.1, 0.15) is 16.8 Å². The summed E-state index contributed by atoms with van der Waals surface area (Å²) in [6.45, 7) is 2.81. The van der Waals surface area contributed by atoms with Gasteiger partial charge >= 0.3 is 0 Å². The predicted octanol–water partition coefficient (Wildman–Crippen LogP) is 0.368. The molecule has 0 saturated carbocycles. The molecule has 0 aromatic carbocycles. The van der Waals surface area contributed by atoms with Crippen LogP contribution < -0.4 is 5.73 Å². The van der Waals surface area contributed by atoms with Crippen LogP contribution >= 0.6 is 11.6 Å². The van der Waals surface area contributed by atoms with E-state index in [2.05, 4.69) is 4.98 Å². The van der Waals surface area contributed by atoms with Crippen molar-refractivity contribution in [2.75, 3.05) is 32.7 Å². The van der Waals surface area contributed by atoms with Gasteiger partial charge in [-0.25, -0.2) is 0 Å². The fourth-order valence-corrected chi connectivity index (χ4v) is 2.44. The van der Waals surface area contributed by atoms with Gasteiger partial charge in [0.05, 0.1) is 17.1 Å². The van der Waals surface area contributed by atoms with Crippen molar-refractivity contribution in [1.82, 2.24) is 14.8 Å². The maximum atomic E-state index is 12.4. The van der Waals surface area contributed by atoms with Gasteiger partial charge in [0, 0.05) is 38.6 Å². The quantitative estimate of drug-likeness (QED) is 0.874. The Morgan fingerprint density at radius 1 is 1.30 bits per heavy atom. The van der Waals surface area contributed by atoms with E-state index in [0.29, 0.717) is 30.2 Å². The first-order chi connectivity index (χ1) is 9.58. The van der Waals surface area contributed by atoms with Crippen LogP contribution in [-0.2, 0) is 4.79 Å². The number of amides is 2. The fraction of sp³-hybridized carbons (Fsp3) is 0.462. The molecule has 1 aromatic heterocycles. The van der Waals surface area contributed by atoms with Crippen molar-refractivity contribution in [3.8, 4) is 0 Å². The molecule has 6 nitrogen and oxygen atoms in total. The van der Waals surface area contributed by atoms with Gasteiger partial charge < -0.3 is 10.6 Å². The Hall–Kier alpha value is -1.66. The molecule has 7 heteroatoms. The molecule has 0 spiro atoms. The second-order valence-electron chi connectivity index (χ2n) is 4.74. The monoisotopic (exact) mass is 296 g/mol. The number of nitrogens with two attached hydrogens (primary N) is 1. The third-order valence-electron chi connectivity index (χ3n) is 3.25. The van der Waals surface area contributed by atoms with E-state index < -0.39 is 0 Å². The van der Waals surface area contributed by atoms with E-state index in [0.717, 1.165) is 13.0 Å². The number of nitrogens with zero attached hydrogens (tertiary/aromatic N) is 3. The van der Waals surface area contributed by atoms with Gasteiger partial charge in [0.15, 0.2) is 0 Å². The lowest BCUT2D eigenvalue weighted by Gasteiger charge is -2.21. The van der Waals surface area contributed by atoms with Gasteiger partial charge in [-0.1, -0.05) is 11.6 Å². The Morgan fingerprint density at radius 3 is 2.80 bits per heavy atom. The molecule has 1 aliphatic rings. The van der Waals surface area contributed by atoms with Crippen molar-refractivity contribution < 1.29 is 9.59 Å². The lowest BCUT2D eigenvalue weighted by atomic mass is 10.2. The van der Waals surface area contributed by atoms with Gasteiger partial charge in [-0.15, -0.1) is 0 Å². The third-order valence-corrected chi connectivity index (χ3v) is 3.58. The predicted molar refractivity (Wildman–Crippen MR) is 75.4 cm³/mol. The number of carbonyl (C=O) groups is 2. The second-order valence-corrected chi connectivity index (χ2v) is 5.15. The largest absolute Gasteiger partial charge is 0.369 e. The highest BCUT2D eigenvalue weighted by atomic mass is 35.5. The Balaban J connectivity index is 2.02. The maximum absolute atomic E-state index is 12.4. The Kier molecular flexibility index (Phi) is 4.92. The molecule has 2 amide bonds. The number of halogens is 1. The van der Waals surface area contributed by atoms with E-state index in [1.165, 1.54) is 6.20 Å². The molecule has 0 aliphatic carbocycles. The maximum Gasteiger partial charge on any atom is 0.256 e. The number of aromatic nitrogens is 1. The number of carbonyl (C=O) groups excluding carboxylic acids is 2. The van der Waals surface area contributed by atoms with Gasteiger partial charge in [0.1, 0.15) is 0 Å². The first-order valence-electron chi connectivity index (χ1n) is 6.47. The summed E-state index contributed by atoms with van der Waals surface area (Å²) < 4.78 is 0. The summed E-state index contributed by atoms with van der Waals surface area (Å²) in [4.78, 5) is 31.0. The first kappa shape index (κ1) is 14.7. The topological polar surface area (TPSA) is 79.5 Å². The molecule has 0 bridgehead atoms. The summed E-state index contributed by atoms with van der Waals surface area (Å²) >= 11 is 6.02. The molecule has 2 N–H and O–H groups in total. The molecule has 1 fully saturated rings. The van der Waals surface area contributed by atoms with E-state index >= 15 is 0 Å². The number of primary amides is 1. The van der Waals surface area contributed by atoms with Crippen molar-refractivity contribution in [3.63, 3.8) is 0 Å². The van der Waals surface area contributed by atoms with Gasteiger partial charge in [0.2, 0.25) is 5.91 Å². The number of pyridine rings is 1. The van der Waals surface area contributed by atoms with Crippen molar-refractivity contribution >= 4 is 23.4 Å². The zero-order valence-corrected chi connectivity index (χ0v) is 11.8. The average molecular weight is 297 g/mol. The summed E-state index contributed by atoms with van der Waals surface area (Å²) in [5, 5.41) is 0.406. The Bertz CT molecular complexity index is 509. The van der Waals surface area contributed by atoms with Crippen LogP contribution in [0, 0.1) is 0 Å². The van der Waals surface area contributed by atoms with Crippen LogP contribution in [0.2, 0.25) is 5.02 Å². The smallest absolute Gasteiger partial charge is 0.256 e. The number of hydrogen-bond donors (Lipinski definition) is 1. The zero-order valence-electron chi connectivity index (χ0n) is 11.1. The van der Waals surface area contributed by atoms with Gasteiger partial charge in [0.25, 0.3) is 5.91 Å². The van der Waals surface area contributed by atoms with Crippen molar-refractivity contribution in [2.45, 2.75) is 6.42 Å². The molecular formula is C13H17ClN4O2. The molecule has 2 heterocycles. The summed E-state index contributed by atoms with van der Waals surface area (Å²) in [6, 6.07) is 1.60. The molecule has 2 rings (SSSR count). The molecule has 0 radical (unpaired) electrons. The summed E-state index contributed by atoms with van der Waals surface area (Å²) in [5.41, 5.74) is 5.61. The highest BCUT2D eigenvalue weighted by Crippen LogP contribution is 2.17. The van der Waals surface area contributed by atoms with Crippen LogP contribution in [-0.4, -0.2) is 59.3 Å². The van der Waals surface area contributed by atoms with Gasteiger partial charge in [-0.05, 0) is 12.5 Å². The van der Waals surface area contributed by atoms with E-state index in [9.17, 15) is 9.59 Å². The Morgan fingerprint density at radius 2 is 2.10 bits per heavy atom. The molecular weight excluding hydrogens is 280 g/mol. The molecule has 1 saturated heterocycles. The van der Waals surface area contributed by atoms with Crippen LogP contribution in [0.4, 0.5) is 0 Å². The van der Waals surface area contributed by atoms with E-state index in [-0.39, 0.29) is 18.4 Å². The zero-order chi connectivity index (χ0) is 14.5. The molecule has 0 atom stereocenters. The lowest BCUT2D eigenvalue weighted by Crippen LogP contribution is -2.38. The summed E-state index contributed by atoms with van der Waals surface area (Å²) in [6.07, 6.45) is 3.84. The van der Waals surface area contributed by atoms with Gasteiger partial charge in [-0.2, -0.15) is 0 Å². The second kappa shape index (κ2) is 6.67. The molecule has 0 unspecified atom stereocenters. The van der Waals surface area contributed by atoms with Crippen molar-refractivity contribution in [2.24, 2.45) is 5.73 Å². The summed E-state index contributed by atoms with van der Waals surface area (Å²) in [7, 11) is 0. The molecule has 1 aliphatic heterocycles. The highest BCUT2D eigenvalue weighted by molar-refractivity contribution is 6.33. The average Bonchev–Trinajstić information content (AvgIpc) is 2.63. The van der Waals surface area contributed by atoms with Crippen molar-refractivity contribution in [1.29, 1.82) is 0 Å². The molecule has 108 valence electrons. The molecule has 20 heavy (non-hydrogen) atoms. The van der Waals surface area contributed by atoms with Crippen LogP contribution in [0.25, 0.3) is 0 Å². The van der Waals surface area contributed by atoms with Crippen molar-refractivity contribution in [3.05, 3.63) is 29.0 Å². The minimum absolute atomic E-state index is 0.121. The fourth-order valence-electron chi connectivity index (χ4n) is 2.26. The van der Waals surface area contributed by atoms with E-state index in [1.807, 2.05) is 4.90 Å². The lowest BCUT2D eigenvalue weighted by molar-refractivity contribution is -0.119. The molecule has 1 aromatic rings. The third kappa shape index (κ3) is 3.68. The van der Waals surface area contributed by atoms with Crippen LogP contribution in [0.3, 0.4) is 0 Å². The number of hydrogen-bond acceptors (Lipinski definition) is 4. The highest BCUT2D eigenvalue weighted by Gasteiger charge is 2.22.